The average molecular weight is 241 g/mol. The highest BCUT2D eigenvalue weighted by Gasteiger charge is 2.43. The van der Waals surface area contributed by atoms with Crippen LogP contribution in [0.15, 0.2) is 0 Å². The van der Waals surface area contributed by atoms with E-state index in [-0.39, 0.29) is 5.60 Å². The van der Waals surface area contributed by atoms with Gasteiger partial charge in [-0.05, 0) is 44.1 Å². The van der Waals surface area contributed by atoms with Gasteiger partial charge in [0.15, 0.2) is 0 Å². The Balaban J connectivity index is 2.72. The minimum atomic E-state index is 0.0849. The van der Waals surface area contributed by atoms with Gasteiger partial charge in [-0.3, -0.25) is 0 Å². The molecule has 1 fully saturated rings. The zero-order valence-electron chi connectivity index (χ0n) is 12.4. The molecular weight excluding hydrogens is 210 g/mol. The SMILES string of the molecule is CCCC(NCC)C1(OC)CCC(C)(C)CC1. The van der Waals surface area contributed by atoms with Crippen molar-refractivity contribution in [2.24, 2.45) is 5.41 Å². The molecule has 0 amide bonds. The van der Waals surface area contributed by atoms with Crippen molar-refractivity contribution in [3.63, 3.8) is 0 Å². The monoisotopic (exact) mass is 241 g/mol. The lowest BCUT2D eigenvalue weighted by Crippen LogP contribution is -2.54. The Bertz CT molecular complexity index is 209. The maximum absolute atomic E-state index is 5.98. The molecule has 2 nitrogen and oxygen atoms in total. The second kappa shape index (κ2) is 6.19. The molecule has 0 saturated heterocycles. The van der Waals surface area contributed by atoms with E-state index in [9.17, 15) is 0 Å². The molecule has 0 radical (unpaired) electrons. The smallest absolute Gasteiger partial charge is 0.0831 e. The molecule has 0 heterocycles. The first-order chi connectivity index (χ1) is 7.99. The summed E-state index contributed by atoms with van der Waals surface area (Å²) in [5, 5.41) is 3.65. The third-order valence-corrected chi connectivity index (χ3v) is 4.52. The molecule has 0 aromatic carbocycles. The van der Waals surface area contributed by atoms with E-state index in [1.54, 1.807) is 0 Å². The fourth-order valence-corrected chi connectivity index (χ4v) is 3.13. The molecule has 2 heteroatoms. The maximum atomic E-state index is 5.98. The zero-order chi connectivity index (χ0) is 12.9. The molecule has 1 atom stereocenters. The van der Waals surface area contributed by atoms with E-state index in [1.165, 1.54) is 38.5 Å². The predicted molar refractivity (Wildman–Crippen MR) is 74.4 cm³/mol. The summed E-state index contributed by atoms with van der Waals surface area (Å²) in [6.07, 6.45) is 7.43. The second-order valence-electron chi connectivity index (χ2n) is 6.33. The summed E-state index contributed by atoms with van der Waals surface area (Å²) in [5.74, 6) is 0. The van der Waals surface area contributed by atoms with Crippen LogP contribution in [0.2, 0.25) is 0 Å². The van der Waals surface area contributed by atoms with Crippen molar-refractivity contribution < 1.29 is 4.74 Å². The number of hydrogen-bond acceptors (Lipinski definition) is 2. The number of likely N-dealkylation sites (N-methyl/N-ethyl adjacent to an activating group) is 1. The van der Waals surface area contributed by atoms with Gasteiger partial charge >= 0.3 is 0 Å². The molecule has 1 aliphatic carbocycles. The molecule has 1 N–H and O–H groups in total. The number of methoxy groups -OCH3 is 1. The number of hydrogen-bond donors (Lipinski definition) is 1. The summed E-state index contributed by atoms with van der Waals surface area (Å²) in [4.78, 5) is 0. The first-order valence-electron chi connectivity index (χ1n) is 7.28. The van der Waals surface area contributed by atoms with Gasteiger partial charge in [0.2, 0.25) is 0 Å². The zero-order valence-corrected chi connectivity index (χ0v) is 12.4. The van der Waals surface area contributed by atoms with E-state index in [0.29, 0.717) is 11.5 Å². The summed E-state index contributed by atoms with van der Waals surface area (Å²) < 4.78 is 5.98. The molecular formula is C15H31NO. The Labute approximate surface area is 108 Å². The van der Waals surface area contributed by atoms with Gasteiger partial charge in [0.1, 0.15) is 0 Å². The van der Waals surface area contributed by atoms with Gasteiger partial charge in [0, 0.05) is 13.2 Å². The first-order valence-corrected chi connectivity index (χ1v) is 7.28. The van der Waals surface area contributed by atoms with E-state index in [2.05, 4.69) is 33.0 Å². The highest BCUT2D eigenvalue weighted by Crippen LogP contribution is 2.44. The van der Waals surface area contributed by atoms with Gasteiger partial charge in [0.05, 0.1) is 5.60 Å². The van der Waals surface area contributed by atoms with Crippen LogP contribution in [0.25, 0.3) is 0 Å². The fraction of sp³-hybridized carbons (Fsp3) is 1.00. The summed E-state index contributed by atoms with van der Waals surface area (Å²) in [6.45, 7) is 10.3. The minimum absolute atomic E-state index is 0.0849. The quantitative estimate of drug-likeness (QED) is 0.764. The topological polar surface area (TPSA) is 21.3 Å². The molecule has 0 aromatic rings. The lowest BCUT2D eigenvalue weighted by molar-refractivity contribution is -0.0876. The Morgan fingerprint density at radius 3 is 2.12 bits per heavy atom. The second-order valence-corrected chi connectivity index (χ2v) is 6.33. The van der Waals surface area contributed by atoms with E-state index in [0.717, 1.165) is 6.54 Å². The molecule has 0 aliphatic heterocycles. The molecule has 1 aliphatic rings. The van der Waals surface area contributed by atoms with Gasteiger partial charge in [-0.2, -0.15) is 0 Å². The maximum Gasteiger partial charge on any atom is 0.0831 e. The van der Waals surface area contributed by atoms with Crippen LogP contribution in [0.1, 0.15) is 66.2 Å². The molecule has 0 aromatic heterocycles. The normalized spacial score (nSPS) is 24.5. The van der Waals surface area contributed by atoms with Crippen molar-refractivity contribution in [1.29, 1.82) is 0 Å². The van der Waals surface area contributed by atoms with Crippen LogP contribution in [0.4, 0.5) is 0 Å². The van der Waals surface area contributed by atoms with Crippen LogP contribution in [0.3, 0.4) is 0 Å². The third kappa shape index (κ3) is 3.69. The van der Waals surface area contributed by atoms with Gasteiger partial charge in [0.25, 0.3) is 0 Å². The van der Waals surface area contributed by atoms with Crippen LogP contribution in [-0.4, -0.2) is 25.3 Å². The molecule has 1 rings (SSSR count). The van der Waals surface area contributed by atoms with Crippen molar-refractivity contribution in [3.8, 4) is 0 Å². The lowest BCUT2D eigenvalue weighted by atomic mass is 9.68. The fourth-order valence-electron chi connectivity index (χ4n) is 3.13. The standard InChI is InChI=1S/C15H31NO/c1-6-8-13(16-7-2)15(17-5)11-9-14(3,4)10-12-15/h13,16H,6-12H2,1-5H3. The Kier molecular flexibility index (Phi) is 5.46. The van der Waals surface area contributed by atoms with E-state index < -0.39 is 0 Å². The van der Waals surface area contributed by atoms with E-state index in [4.69, 9.17) is 4.74 Å². The van der Waals surface area contributed by atoms with Crippen LogP contribution in [0.5, 0.6) is 0 Å². The average Bonchev–Trinajstić information content (AvgIpc) is 2.30. The van der Waals surface area contributed by atoms with Gasteiger partial charge in [-0.15, -0.1) is 0 Å². The minimum Gasteiger partial charge on any atom is -0.377 e. The molecule has 0 bridgehead atoms. The molecule has 1 saturated carbocycles. The van der Waals surface area contributed by atoms with Gasteiger partial charge in [-0.25, -0.2) is 0 Å². The van der Waals surface area contributed by atoms with Crippen LogP contribution in [0, 0.1) is 5.41 Å². The van der Waals surface area contributed by atoms with Crippen molar-refractivity contribution in [3.05, 3.63) is 0 Å². The van der Waals surface area contributed by atoms with Crippen molar-refractivity contribution in [1.82, 2.24) is 5.32 Å². The van der Waals surface area contributed by atoms with Crippen molar-refractivity contribution >= 4 is 0 Å². The summed E-state index contributed by atoms with van der Waals surface area (Å²) in [5.41, 5.74) is 0.590. The molecule has 17 heavy (non-hydrogen) atoms. The molecule has 102 valence electrons. The number of ether oxygens (including phenoxy) is 1. The van der Waals surface area contributed by atoms with E-state index >= 15 is 0 Å². The van der Waals surface area contributed by atoms with Crippen LogP contribution < -0.4 is 5.32 Å². The largest absolute Gasteiger partial charge is 0.377 e. The third-order valence-electron chi connectivity index (χ3n) is 4.52. The Morgan fingerprint density at radius 1 is 1.12 bits per heavy atom. The summed E-state index contributed by atoms with van der Waals surface area (Å²) in [6, 6.07) is 0.526. The highest BCUT2D eigenvalue weighted by atomic mass is 16.5. The van der Waals surface area contributed by atoms with Crippen LogP contribution in [-0.2, 0) is 4.74 Å². The summed E-state index contributed by atoms with van der Waals surface area (Å²) >= 11 is 0. The Morgan fingerprint density at radius 2 is 1.71 bits per heavy atom. The number of nitrogens with one attached hydrogen (secondary N) is 1. The lowest BCUT2D eigenvalue weighted by Gasteiger charge is -2.47. The van der Waals surface area contributed by atoms with Gasteiger partial charge in [-0.1, -0.05) is 34.1 Å². The van der Waals surface area contributed by atoms with Crippen LogP contribution >= 0.6 is 0 Å². The van der Waals surface area contributed by atoms with Crippen molar-refractivity contribution in [2.45, 2.75) is 77.9 Å². The summed E-state index contributed by atoms with van der Waals surface area (Å²) in [7, 11) is 1.90. The van der Waals surface area contributed by atoms with Crippen molar-refractivity contribution in [2.75, 3.05) is 13.7 Å². The van der Waals surface area contributed by atoms with E-state index in [1.807, 2.05) is 7.11 Å². The highest BCUT2D eigenvalue weighted by molar-refractivity contribution is 4.98. The predicted octanol–water partition coefficient (Wildman–Crippen LogP) is 3.75. The van der Waals surface area contributed by atoms with Gasteiger partial charge < -0.3 is 10.1 Å². The number of rotatable bonds is 6. The molecule has 0 spiro atoms. The first kappa shape index (κ1) is 15.0. The molecule has 1 unspecified atom stereocenters. The Hall–Kier alpha value is -0.0800.